The summed E-state index contributed by atoms with van der Waals surface area (Å²) in [6.45, 7) is 4.62. The molecule has 4 rings (SSSR count). The molecule has 2 aromatic heterocycles. The number of benzene rings is 1. The minimum Gasteiger partial charge on any atom is -0.467 e. The van der Waals surface area contributed by atoms with Gasteiger partial charge in [0.25, 0.3) is 0 Å². The zero-order chi connectivity index (χ0) is 19.3. The molecule has 1 aliphatic heterocycles. The maximum Gasteiger partial charge on any atom is 0.241 e. The van der Waals surface area contributed by atoms with Crippen LogP contribution in [0.2, 0.25) is 0 Å². The van der Waals surface area contributed by atoms with Gasteiger partial charge in [0.05, 0.1) is 25.3 Å². The third kappa shape index (κ3) is 4.31. The summed E-state index contributed by atoms with van der Waals surface area (Å²) < 4.78 is 10.7. The van der Waals surface area contributed by atoms with Gasteiger partial charge in [-0.3, -0.25) is 9.69 Å². The Labute approximate surface area is 163 Å². The molecule has 1 fully saturated rings. The average molecular weight is 380 g/mol. The molecule has 0 radical (unpaired) electrons. The van der Waals surface area contributed by atoms with Crippen molar-refractivity contribution in [1.29, 1.82) is 0 Å². The summed E-state index contributed by atoms with van der Waals surface area (Å²) in [5.74, 6) is 1.97. The fourth-order valence-corrected chi connectivity index (χ4v) is 3.59. The molecule has 1 atom stereocenters. The van der Waals surface area contributed by atoms with Crippen LogP contribution in [-0.4, -0.2) is 34.0 Å². The van der Waals surface area contributed by atoms with Crippen molar-refractivity contribution in [3.8, 4) is 11.4 Å². The molecule has 28 heavy (non-hydrogen) atoms. The molecule has 1 aliphatic rings. The van der Waals surface area contributed by atoms with Crippen molar-refractivity contribution in [1.82, 2.24) is 20.4 Å². The molecule has 1 saturated heterocycles. The zero-order valence-electron chi connectivity index (χ0n) is 15.9. The lowest BCUT2D eigenvalue weighted by molar-refractivity contribution is -0.127. The van der Waals surface area contributed by atoms with E-state index in [-0.39, 0.29) is 11.8 Å². The number of amides is 1. The third-order valence-electron chi connectivity index (χ3n) is 5.11. The van der Waals surface area contributed by atoms with Crippen LogP contribution in [0.1, 0.15) is 30.1 Å². The maximum atomic E-state index is 12.5. The van der Waals surface area contributed by atoms with E-state index in [1.165, 1.54) is 0 Å². The van der Waals surface area contributed by atoms with E-state index in [4.69, 9.17) is 8.94 Å². The lowest BCUT2D eigenvalue weighted by Crippen LogP contribution is -2.42. The molecule has 7 heteroatoms. The monoisotopic (exact) mass is 380 g/mol. The standard InChI is InChI=1S/C21H24N4O3/c1-15-6-2-3-9-18(15)20-23-19(28-24-20)14-25-10-4-7-16(13-25)21(26)22-12-17-8-5-11-27-17/h2-3,5-6,8-9,11,16H,4,7,10,12-14H2,1H3,(H,22,26). The van der Waals surface area contributed by atoms with E-state index >= 15 is 0 Å². The van der Waals surface area contributed by atoms with E-state index < -0.39 is 0 Å². The summed E-state index contributed by atoms with van der Waals surface area (Å²) in [5.41, 5.74) is 2.09. The van der Waals surface area contributed by atoms with Crippen molar-refractivity contribution >= 4 is 5.91 Å². The first-order valence-corrected chi connectivity index (χ1v) is 9.60. The van der Waals surface area contributed by atoms with E-state index in [0.717, 1.165) is 36.3 Å². The summed E-state index contributed by atoms with van der Waals surface area (Å²) in [7, 11) is 0. The van der Waals surface area contributed by atoms with Gasteiger partial charge < -0.3 is 14.3 Å². The summed E-state index contributed by atoms with van der Waals surface area (Å²) >= 11 is 0. The molecule has 146 valence electrons. The first-order valence-electron chi connectivity index (χ1n) is 9.60. The number of hydrogen-bond donors (Lipinski definition) is 1. The molecule has 0 spiro atoms. The number of likely N-dealkylation sites (tertiary alicyclic amines) is 1. The molecule has 0 bridgehead atoms. The van der Waals surface area contributed by atoms with Crippen LogP contribution in [0.4, 0.5) is 0 Å². The Morgan fingerprint density at radius 2 is 2.18 bits per heavy atom. The Hall–Kier alpha value is -2.93. The molecular formula is C21H24N4O3. The molecule has 3 heterocycles. The van der Waals surface area contributed by atoms with Crippen molar-refractivity contribution in [2.75, 3.05) is 13.1 Å². The molecule has 1 unspecified atom stereocenters. The number of nitrogens with one attached hydrogen (secondary N) is 1. The molecule has 1 aromatic carbocycles. The smallest absolute Gasteiger partial charge is 0.241 e. The highest BCUT2D eigenvalue weighted by Gasteiger charge is 2.27. The summed E-state index contributed by atoms with van der Waals surface area (Å²) in [6, 6.07) is 11.7. The van der Waals surface area contributed by atoms with E-state index in [2.05, 4.69) is 20.4 Å². The quantitative estimate of drug-likeness (QED) is 0.707. The average Bonchev–Trinajstić information content (AvgIpc) is 3.39. The van der Waals surface area contributed by atoms with Crippen LogP contribution in [0.5, 0.6) is 0 Å². The number of carbonyl (C=O) groups is 1. The highest BCUT2D eigenvalue weighted by Crippen LogP contribution is 2.22. The number of furan rings is 1. The van der Waals surface area contributed by atoms with Gasteiger partial charge in [0, 0.05) is 12.1 Å². The lowest BCUT2D eigenvalue weighted by Gasteiger charge is -2.30. The van der Waals surface area contributed by atoms with E-state index in [1.807, 2.05) is 43.3 Å². The molecule has 1 amide bonds. The Bertz CT molecular complexity index is 919. The third-order valence-corrected chi connectivity index (χ3v) is 5.11. The topological polar surface area (TPSA) is 84.4 Å². The van der Waals surface area contributed by atoms with Crippen molar-refractivity contribution in [3.05, 3.63) is 59.9 Å². The molecule has 3 aromatic rings. The Kier molecular flexibility index (Phi) is 5.53. The van der Waals surface area contributed by atoms with Gasteiger partial charge in [0.1, 0.15) is 5.76 Å². The molecule has 0 saturated carbocycles. The Morgan fingerprint density at radius 3 is 3.00 bits per heavy atom. The Balaban J connectivity index is 1.34. The Morgan fingerprint density at radius 1 is 1.29 bits per heavy atom. The van der Waals surface area contributed by atoms with E-state index in [9.17, 15) is 4.79 Å². The minimum atomic E-state index is -0.0394. The van der Waals surface area contributed by atoms with Crippen molar-refractivity contribution in [2.45, 2.75) is 32.9 Å². The zero-order valence-corrected chi connectivity index (χ0v) is 15.9. The molecule has 1 N–H and O–H groups in total. The van der Waals surface area contributed by atoms with Crippen LogP contribution in [0.25, 0.3) is 11.4 Å². The van der Waals surface area contributed by atoms with Gasteiger partial charge >= 0.3 is 0 Å². The highest BCUT2D eigenvalue weighted by molar-refractivity contribution is 5.78. The van der Waals surface area contributed by atoms with Crippen LogP contribution in [0.3, 0.4) is 0 Å². The minimum absolute atomic E-state index is 0.0394. The number of aryl methyl sites for hydroxylation is 1. The lowest BCUT2D eigenvalue weighted by atomic mass is 9.97. The van der Waals surface area contributed by atoms with Gasteiger partial charge in [-0.05, 0) is 44.0 Å². The van der Waals surface area contributed by atoms with Gasteiger partial charge in [0.15, 0.2) is 0 Å². The SMILES string of the molecule is Cc1ccccc1-c1noc(CN2CCCC(C(=O)NCc3ccco3)C2)n1. The van der Waals surface area contributed by atoms with Gasteiger partial charge in [-0.15, -0.1) is 0 Å². The predicted molar refractivity (Wildman–Crippen MR) is 103 cm³/mol. The largest absolute Gasteiger partial charge is 0.467 e. The van der Waals surface area contributed by atoms with E-state index in [1.54, 1.807) is 6.26 Å². The molecule has 7 nitrogen and oxygen atoms in total. The van der Waals surface area contributed by atoms with Crippen molar-refractivity contribution in [2.24, 2.45) is 5.92 Å². The molecule has 0 aliphatic carbocycles. The number of nitrogens with zero attached hydrogens (tertiary/aromatic N) is 3. The van der Waals surface area contributed by atoms with Gasteiger partial charge in [-0.1, -0.05) is 29.4 Å². The first kappa shape index (κ1) is 18.4. The second-order valence-electron chi connectivity index (χ2n) is 7.20. The van der Waals surface area contributed by atoms with Gasteiger partial charge in [0.2, 0.25) is 17.6 Å². The van der Waals surface area contributed by atoms with Gasteiger partial charge in [-0.25, -0.2) is 0 Å². The number of piperidine rings is 1. The van der Waals surface area contributed by atoms with Crippen LogP contribution < -0.4 is 5.32 Å². The number of aromatic nitrogens is 2. The second kappa shape index (κ2) is 8.39. The second-order valence-corrected chi connectivity index (χ2v) is 7.20. The number of hydrogen-bond acceptors (Lipinski definition) is 6. The van der Waals surface area contributed by atoms with Crippen molar-refractivity contribution < 1.29 is 13.7 Å². The molecular weight excluding hydrogens is 356 g/mol. The summed E-state index contributed by atoms with van der Waals surface area (Å²) in [4.78, 5) is 19.2. The van der Waals surface area contributed by atoms with Crippen LogP contribution in [-0.2, 0) is 17.9 Å². The number of carbonyl (C=O) groups excluding carboxylic acids is 1. The maximum absolute atomic E-state index is 12.5. The van der Waals surface area contributed by atoms with E-state index in [0.29, 0.717) is 31.3 Å². The fraction of sp³-hybridized carbons (Fsp3) is 0.381. The summed E-state index contributed by atoms with van der Waals surface area (Å²) in [5, 5.41) is 7.08. The van der Waals surface area contributed by atoms with Crippen LogP contribution >= 0.6 is 0 Å². The van der Waals surface area contributed by atoms with Gasteiger partial charge in [-0.2, -0.15) is 4.98 Å². The van der Waals surface area contributed by atoms with Crippen LogP contribution in [0, 0.1) is 12.8 Å². The van der Waals surface area contributed by atoms with Crippen molar-refractivity contribution in [3.63, 3.8) is 0 Å². The fourth-order valence-electron chi connectivity index (χ4n) is 3.59. The number of rotatable bonds is 6. The van der Waals surface area contributed by atoms with Crippen LogP contribution in [0.15, 0.2) is 51.6 Å². The normalized spacial score (nSPS) is 17.5. The highest BCUT2D eigenvalue weighted by atomic mass is 16.5. The predicted octanol–water partition coefficient (Wildman–Crippen LogP) is 3.17. The summed E-state index contributed by atoms with van der Waals surface area (Å²) in [6.07, 6.45) is 3.47. The first-order chi connectivity index (χ1) is 13.7.